The van der Waals surface area contributed by atoms with E-state index in [4.69, 9.17) is 23.2 Å². The first kappa shape index (κ1) is 24.2. The second kappa shape index (κ2) is 11.0. The fraction of sp³-hybridized carbons (Fsp3) is 0.542. The predicted octanol–water partition coefficient (Wildman–Crippen LogP) is 3.99. The molecule has 0 radical (unpaired) electrons. The van der Waals surface area contributed by atoms with Crippen molar-refractivity contribution in [2.24, 2.45) is 0 Å². The molecule has 1 amide bonds. The Kier molecular flexibility index (Phi) is 8.07. The number of aromatic nitrogens is 2. The highest BCUT2D eigenvalue weighted by atomic mass is 35.5. The van der Waals surface area contributed by atoms with E-state index in [2.05, 4.69) is 25.5 Å². The highest BCUT2D eigenvalue weighted by Crippen LogP contribution is 2.25. The summed E-state index contributed by atoms with van der Waals surface area (Å²) in [5.41, 5.74) is 2.21. The average molecular weight is 491 g/mol. The smallest absolute Gasteiger partial charge is 0.272 e. The van der Waals surface area contributed by atoms with Crippen molar-refractivity contribution in [3.05, 3.63) is 51.4 Å². The van der Waals surface area contributed by atoms with Crippen LogP contribution >= 0.6 is 23.2 Å². The molecule has 9 heteroatoms. The van der Waals surface area contributed by atoms with Crippen molar-refractivity contribution in [3.8, 4) is 0 Å². The maximum atomic E-state index is 13.2. The third kappa shape index (κ3) is 5.77. The van der Waals surface area contributed by atoms with Crippen LogP contribution in [0.1, 0.15) is 47.3 Å². The lowest BCUT2D eigenvalue weighted by atomic mass is 9.97. The molecule has 2 aliphatic rings. The van der Waals surface area contributed by atoms with Gasteiger partial charge >= 0.3 is 0 Å². The number of likely N-dealkylation sites (tertiary alicyclic amines) is 2. The van der Waals surface area contributed by atoms with Crippen LogP contribution in [-0.4, -0.2) is 71.0 Å². The molecule has 3 heterocycles. The molecule has 0 bridgehead atoms. The number of halogens is 2. The highest BCUT2D eigenvalue weighted by Gasteiger charge is 2.30. The number of nitrogens with one attached hydrogen (secondary N) is 2. The average Bonchev–Trinajstić information content (AvgIpc) is 2.85. The first-order valence-electron chi connectivity index (χ1n) is 11.7. The maximum Gasteiger partial charge on any atom is 0.272 e. The second-order valence-electron chi connectivity index (χ2n) is 8.92. The molecule has 2 aromatic rings. The van der Waals surface area contributed by atoms with E-state index < -0.39 is 0 Å². The van der Waals surface area contributed by atoms with Gasteiger partial charge in [0.2, 0.25) is 0 Å². The van der Waals surface area contributed by atoms with Crippen LogP contribution < -0.4 is 10.6 Å². The molecule has 2 fully saturated rings. The van der Waals surface area contributed by atoms with E-state index in [9.17, 15) is 4.79 Å². The van der Waals surface area contributed by atoms with E-state index in [-0.39, 0.29) is 5.91 Å². The number of nitrogens with zero attached hydrogens (tertiary/aromatic N) is 4. The van der Waals surface area contributed by atoms with Crippen molar-refractivity contribution in [1.29, 1.82) is 0 Å². The summed E-state index contributed by atoms with van der Waals surface area (Å²) in [6.45, 7) is 6.24. The molecule has 2 saturated heterocycles. The van der Waals surface area contributed by atoms with Gasteiger partial charge in [0.15, 0.2) is 0 Å². The van der Waals surface area contributed by atoms with Crippen LogP contribution in [0.2, 0.25) is 10.0 Å². The number of carbonyl (C=O) groups is 1. The molecule has 7 nitrogen and oxygen atoms in total. The number of anilines is 1. The molecule has 1 aromatic heterocycles. The van der Waals surface area contributed by atoms with Crippen LogP contribution in [0.3, 0.4) is 0 Å². The van der Waals surface area contributed by atoms with Gasteiger partial charge in [-0.3, -0.25) is 4.79 Å². The van der Waals surface area contributed by atoms with Gasteiger partial charge in [0, 0.05) is 37.3 Å². The van der Waals surface area contributed by atoms with Crippen LogP contribution in [0.25, 0.3) is 0 Å². The van der Waals surface area contributed by atoms with Crippen molar-refractivity contribution < 1.29 is 4.79 Å². The van der Waals surface area contributed by atoms with Gasteiger partial charge in [0.25, 0.3) is 5.91 Å². The van der Waals surface area contributed by atoms with Crippen LogP contribution in [-0.2, 0) is 6.54 Å². The topological polar surface area (TPSA) is 73.4 Å². The van der Waals surface area contributed by atoms with Crippen molar-refractivity contribution >= 4 is 34.9 Å². The summed E-state index contributed by atoms with van der Waals surface area (Å²) in [6, 6.07) is 6.72. The monoisotopic (exact) mass is 490 g/mol. The summed E-state index contributed by atoms with van der Waals surface area (Å²) < 4.78 is 0. The molecule has 0 saturated carbocycles. The van der Waals surface area contributed by atoms with E-state index in [0.717, 1.165) is 50.1 Å². The molecule has 1 aromatic carbocycles. The number of amides is 1. The molecule has 0 aliphatic carbocycles. The van der Waals surface area contributed by atoms with Crippen molar-refractivity contribution in [2.75, 3.05) is 38.5 Å². The lowest BCUT2D eigenvalue weighted by Gasteiger charge is -2.41. The predicted molar refractivity (Wildman–Crippen MR) is 133 cm³/mol. The molecule has 2 N–H and O–H groups in total. The number of piperidine rings is 2. The number of benzene rings is 1. The number of rotatable bonds is 6. The Morgan fingerprint density at radius 1 is 1.06 bits per heavy atom. The molecule has 33 heavy (non-hydrogen) atoms. The first-order chi connectivity index (χ1) is 16.0. The Bertz CT molecular complexity index is 971. The van der Waals surface area contributed by atoms with Gasteiger partial charge < -0.3 is 20.4 Å². The quantitative estimate of drug-likeness (QED) is 0.637. The molecular weight excluding hydrogens is 459 g/mol. The molecule has 0 atom stereocenters. The summed E-state index contributed by atoms with van der Waals surface area (Å²) in [4.78, 5) is 26.5. The van der Waals surface area contributed by atoms with E-state index in [0.29, 0.717) is 40.2 Å². The van der Waals surface area contributed by atoms with Crippen molar-refractivity contribution in [3.63, 3.8) is 0 Å². The Balaban J connectivity index is 1.34. The number of hydrogen-bond donors (Lipinski definition) is 2. The minimum atomic E-state index is -0.0140. The summed E-state index contributed by atoms with van der Waals surface area (Å²) in [5, 5.41) is 7.73. The van der Waals surface area contributed by atoms with E-state index in [1.54, 1.807) is 6.07 Å². The third-order valence-electron chi connectivity index (χ3n) is 6.94. The zero-order valence-electron chi connectivity index (χ0n) is 19.3. The van der Waals surface area contributed by atoms with E-state index in [1.165, 1.54) is 19.2 Å². The van der Waals surface area contributed by atoms with Gasteiger partial charge in [0.1, 0.15) is 17.8 Å². The molecular formula is C24H32Cl2N6O. The van der Waals surface area contributed by atoms with Gasteiger partial charge in [0.05, 0.1) is 10.0 Å². The SMILES string of the molecule is CNC1CCN(C2CCN(C(=O)c3ncnc(NCc4ccc(Cl)c(Cl)c4)c3C)CC2)CC1. The highest BCUT2D eigenvalue weighted by molar-refractivity contribution is 6.42. The van der Waals surface area contributed by atoms with E-state index in [1.807, 2.05) is 31.0 Å². The van der Waals surface area contributed by atoms with Crippen LogP contribution in [0, 0.1) is 6.92 Å². The molecule has 2 aliphatic heterocycles. The Morgan fingerprint density at radius 3 is 2.45 bits per heavy atom. The minimum Gasteiger partial charge on any atom is -0.366 e. The maximum absolute atomic E-state index is 13.2. The Hall–Kier alpha value is -1.93. The summed E-state index contributed by atoms with van der Waals surface area (Å²) in [6.07, 6.45) is 5.89. The number of hydrogen-bond acceptors (Lipinski definition) is 6. The lowest BCUT2D eigenvalue weighted by molar-refractivity contribution is 0.0566. The molecule has 0 spiro atoms. The molecule has 0 unspecified atom stereocenters. The van der Waals surface area contributed by atoms with Gasteiger partial charge in [-0.2, -0.15) is 0 Å². The molecule has 178 valence electrons. The second-order valence-corrected chi connectivity index (χ2v) is 9.73. The standard InChI is InChI=1S/C24H32Cl2N6O/c1-16-22(29-15-30-23(16)28-14-17-3-4-20(25)21(26)13-17)24(33)32-11-7-19(8-12-32)31-9-5-18(27-2)6-10-31/h3-4,13,15,18-19,27H,5-12,14H2,1-2H3,(H,28,29,30). The van der Waals surface area contributed by atoms with Crippen molar-refractivity contribution in [1.82, 2.24) is 25.1 Å². The molecule has 4 rings (SSSR count). The fourth-order valence-electron chi connectivity index (χ4n) is 4.82. The van der Waals surface area contributed by atoms with Gasteiger partial charge in [-0.15, -0.1) is 0 Å². The van der Waals surface area contributed by atoms with Gasteiger partial charge in [-0.1, -0.05) is 29.3 Å². The normalized spacial score (nSPS) is 18.5. The first-order valence-corrected chi connectivity index (χ1v) is 12.4. The summed E-state index contributed by atoms with van der Waals surface area (Å²) in [7, 11) is 2.05. The lowest BCUT2D eigenvalue weighted by Crippen LogP contribution is -2.51. The van der Waals surface area contributed by atoms with Crippen LogP contribution in [0.15, 0.2) is 24.5 Å². The zero-order valence-corrected chi connectivity index (χ0v) is 20.8. The summed E-state index contributed by atoms with van der Waals surface area (Å²) in [5.74, 6) is 0.640. The largest absolute Gasteiger partial charge is 0.366 e. The van der Waals surface area contributed by atoms with Gasteiger partial charge in [-0.25, -0.2) is 9.97 Å². The Morgan fingerprint density at radius 2 is 1.79 bits per heavy atom. The van der Waals surface area contributed by atoms with Crippen LogP contribution in [0.4, 0.5) is 5.82 Å². The Labute approximate surface area is 205 Å². The fourth-order valence-corrected chi connectivity index (χ4v) is 5.14. The van der Waals surface area contributed by atoms with E-state index >= 15 is 0 Å². The minimum absolute atomic E-state index is 0.0140. The van der Waals surface area contributed by atoms with Crippen LogP contribution in [0.5, 0.6) is 0 Å². The summed E-state index contributed by atoms with van der Waals surface area (Å²) >= 11 is 12.1. The zero-order chi connectivity index (χ0) is 23.4. The van der Waals surface area contributed by atoms with Gasteiger partial charge in [-0.05, 0) is 70.4 Å². The van der Waals surface area contributed by atoms with Crippen molar-refractivity contribution in [2.45, 2.75) is 51.2 Å². The number of carbonyl (C=O) groups excluding carboxylic acids is 1. The third-order valence-corrected chi connectivity index (χ3v) is 7.68.